The molecule has 0 bridgehead atoms. The Morgan fingerprint density at radius 2 is 1.00 bits per heavy atom. The molecule has 2 unspecified atom stereocenters. The van der Waals surface area contributed by atoms with Crippen LogP contribution in [0.3, 0.4) is 0 Å². The van der Waals surface area contributed by atoms with Crippen LogP contribution in [0.5, 0.6) is 11.5 Å². The van der Waals surface area contributed by atoms with E-state index in [0.717, 1.165) is 12.8 Å². The molecule has 0 aromatic heterocycles. The second-order valence-corrected chi connectivity index (χ2v) is 13.2. The number of rotatable bonds is 8. The molecule has 160 valence electrons. The van der Waals surface area contributed by atoms with Crippen molar-refractivity contribution in [3.8, 4) is 11.5 Å². The lowest BCUT2D eigenvalue weighted by atomic mass is 10.3. The number of hydrogen-bond acceptors (Lipinski definition) is 4. The molecule has 0 saturated heterocycles. The van der Waals surface area contributed by atoms with Gasteiger partial charge in [-0.2, -0.15) is 0 Å². The van der Waals surface area contributed by atoms with Crippen LogP contribution in [-0.2, 0) is 9.84 Å². The highest BCUT2D eigenvalue weighted by atomic mass is 79.9. The van der Waals surface area contributed by atoms with Crippen molar-refractivity contribution in [2.75, 3.05) is 0 Å². The molecule has 2 aromatic rings. The lowest BCUT2D eigenvalue weighted by molar-refractivity contribution is 0.286. The summed E-state index contributed by atoms with van der Waals surface area (Å²) in [6, 6.07) is 6.12. The minimum atomic E-state index is -3.79. The third-order valence-corrected chi connectivity index (χ3v) is 9.44. The summed E-state index contributed by atoms with van der Waals surface area (Å²) in [5, 5.41) is -0.364. The van der Waals surface area contributed by atoms with Crippen LogP contribution in [-0.4, -0.2) is 18.4 Å². The second kappa shape index (κ2) is 11.1. The van der Waals surface area contributed by atoms with Crippen molar-refractivity contribution in [1.29, 1.82) is 0 Å². The number of halogens is 6. The fourth-order valence-corrected chi connectivity index (χ4v) is 7.26. The lowest BCUT2D eigenvalue weighted by Crippen LogP contribution is -2.09. The Kier molecular flexibility index (Phi) is 10.0. The molecule has 0 saturated carbocycles. The summed E-state index contributed by atoms with van der Waals surface area (Å²) in [6.45, 7) is 3.95. The molecule has 0 spiro atoms. The zero-order valence-electron chi connectivity index (χ0n) is 15.2. The molecule has 11 heteroatoms. The Balaban J connectivity index is 2.48. The highest BCUT2D eigenvalue weighted by Crippen LogP contribution is 2.41. The van der Waals surface area contributed by atoms with Gasteiger partial charge in [0.25, 0.3) is 0 Å². The maximum atomic E-state index is 13.2. The molecule has 0 radical (unpaired) electrons. The van der Waals surface area contributed by atoms with Gasteiger partial charge in [0.15, 0.2) is 10.0 Å². The van der Waals surface area contributed by atoms with Crippen LogP contribution < -0.4 is 9.47 Å². The molecule has 29 heavy (non-hydrogen) atoms. The van der Waals surface area contributed by atoms with Gasteiger partial charge in [0.1, 0.15) is 11.5 Å². The van der Waals surface area contributed by atoms with Crippen molar-refractivity contribution in [2.24, 2.45) is 0 Å². The predicted octanol–water partition coefficient (Wildman–Crippen LogP) is 8.59. The normalized spacial score (nSPS) is 13.8. The van der Waals surface area contributed by atoms with E-state index in [-0.39, 0.29) is 19.8 Å². The molecule has 0 aliphatic rings. The number of benzene rings is 2. The smallest absolute Gasteiger partial charge is 0.206 e. The number of sulfone groups is 1. The minimum Gasteiger partial charge on any atom is -0.477 e. The lowest BCUT2D eigenvalue weighted by Gasteiger charge is -2.17. The molecule has 2 aromatic carbocycles. The largest absolute Gasteiger partial charge is 0.477 e. The van der Waals surface area contributed by atoms with Crippen LogP contribution in [0, 0.1) is 0 Å². The van der Waals surface area contributed by atoms with Gasteiger partial charge in [-0.3, -0.25) is 0 Å². The molecule has 0 aliphatic heterocycles. The van der Waals surface area contributed by atoms with E-state index in [9.17, 15) is 8.42 Å². The second-order valence-electron chi connectivity index (χ2n) is 5.81. The Labute approximate surface area is 221 Å². The van der Waals surface area contributed by atoms with Crippen LogP contribution >= 0.6 is 95.6 Å². The van der Waals surface area contributed by atoms with Gasteiger partial charge in [-0.1, -0.05) is 13.8 Å². The van der Waals surface area contributed by atoms with Crippen LogP contribution in [0.15, 0.2) is 51.9 Å². The van der Waals surface area contributed by atoms with Gasteiger partial charge in [-0.05, 0) is 133 Å². The van der Waals surface area contributed by atoms with Gasteiger partial charge in [0, 0.05) is 0 Å². The van der Waals surface area contributed by atoms with E-state index in [0.29, 0.717) is 29.4 Å². The highest BCUT2D eigenvalue weighted by Gasteiger charge is 2.24. The van der Waals surface area contributed by atoms with E-state index >= 15 is 0 Å². The number of hydrogen-bond donors (Lipinski definition) is 0. The van der Waals surface area contributed by atoms with Gasteiger partial charge < -0.3 is 9.47 Å². The summed E-state index contributed by atoms with van der Waals surface area (Å²) in [4.78, 5) is 0.260. The maximum absolute atomic E-state index is 13.2. The van der Waals surface area contributed by atoms with Crippen molar-refractivity contribution in [2.45, 2.75) is 46.5 Å². The zero-order chi connectivity index (χ0) is 21.9. The monoisotopic (exact) mass is 802 g/mol. The molecule has 2 rings (SSSR count). The van der Waals surface area contributed by atoms with Gasteiger partial charge >= 0.3 is 0 Å². The van der Waals surface area contributed by atoms with Crippen molar-refractivity contribution < 1.29 is 17.9 Å². The third-order valence-electron chi connectivity index (χ3n) is 3.70. The van der Waals surface area contributed by atoms with Crippen LogP contribution in [0.4, 0.5) is 0 Å². The summed E-state index contributed by atoms with van der Waals surface area (Å²) in [5.41, 5.74) is 0. The molecule has 0 heterocycles. The summed E-state index contributed by atoms with van der Waals surface area (Å²) in [6.07, 6.45) is 1.51. The predicted molar refractivity (Wildman–Crippen MR) is 136 cm³/mol. The molecule has 4 nitrogen and oxygen atoms in total. The van der Waals surface area contributed by atoms with Gasteiger partial charge in [0.2, 0.25) is 9.84 Å². The molecular formula is C18H16Br6O4S. The van der Waals surface area contributed by atoms with E-state index in [1.54, 1.807) is 0 Å². The van der Waals surface area contributed by atoms with Gasteiger partial charge in [-0.25, -0.2) is 8.42 Å². The first-order valence-corrected chi connectivity index (χ1v) is 14.8. The first-order valence-electron chi connectivity index (χ1n) is 8.35. The molecular weight excluding hydrogens is 792 g/mol. The average Bonchev–Trinajstić information content (AvgIpc) is 2.66. The quantitative estimate of drug-likeness (QED) is 0.251. The Morgan fingerprint density at radius 1 is 0.724 bits per heavy atom. The van der Waals surface area contributed by atoms with E-state index in [1.165, 1.54) is 24.3 Å². The average molecular weight is 808 g/mol. The fourth-order valence-electron chi connectivity index (χ4n) is 2.17. The molecule has 2 atom stereocenters. The van der Waals surface area contributed by atoms with E-state index in [4.69, 9.17) is 9.47 Å². The number of ether oxygens (including phenoxy) is 2. The first-order chi connectivity index (χ1) is 13.5. The third kappa shape index (κ3) is 6.44. The first kappa shape index (κ1) is 26.1. The Morgan fingerprint density at radius 3 is 1.24 bits per heavy atom. The van der Waals surface area contributed by atoms with Crippen molar-refractivity contribution in [1.82, 2.24) is 0 Å². The molecule has 0 fully saturated rings. The highest BCUT2D eigenvalue weighted by molar-refractivity contribution is 9.11. The SMILES string of the molecule is CCC(Br)Oc1c(Br)cc(S(=O)(=O)c2cc(Br)c(OC(Br)CC)c(Br)c2)cc1Br. The zero-order valence-corrected chi connectivity index (χ0v) is 25.5. The fraction of sp³-hybridized carbons (Fsp3) is 0.333. The van der Waals surface area contributed by atoms with Crippen LogP contribution in [0.1, 0.15) is 26.7 Å². The van der Waals surface area contributed by atoms with E-state index in [2.05, 4.69) is 95.6 Å². The van der Waals surface area contributed by atoms with Crippen LogP contribution in [0.2, 0.25) is 0 Å². The standard InChI is InChI=1S/C18H16Br6O4S/c1-3-15(23)27-17-11(19)5-9(6-12(17)20)29(25,26)10-7-13(21)18(14(22)8-10)28-16(24)4-2/h5-8,15-16H,3-4H2,1-2H3. The molecule has 0 amide bonds. The summed E-state index contributed by atoms with van der Waals surface area (Å²) >= 11 is 20.5. The van der Waals surface area contributed by atoms with Crippen molar-refractivity contribution in [3.05, 3.63) is 42.2 Å². The Hall–Kier alpha value is 0.870. The topological polar surface area (TPSA) is 52.6 Å². The van der Waals surface area contributed by atoms with Crippen LogP contribution in [0.25, 0.3) is 0 Å². The minimum absolute atomic E-state index is 0.130. The van der Waals surface area contributed by atoms with Gasteiger partial charge in [0.05, 0.1) is 27.7 Å². The van der Waals surface area contributed by atoms with E-state index < -0.39 is 9.84 Å². The van der Waals surface area contributed by atoms with E-state index in [1.807, 2.05) is 13.8 Å². The number of alkyl halides is 2. The van der Waals surface area contributed by atoms with Gasteiger partial charge in [-0.15, -0.1) is 0 Å². The summed E-state index contributed by atoms with van der Waals surface area (Å²) in [7, 11) is -3.79. The molecule has 0 N–H and O–H groups in total. The van der Waals surface area contributed by atoms with Crippen molar-refractivity contribution >= 4 is 105 Å². The summed E-state index contributed by atoms with van der Waals surface area (Å²) in [5.74, 6) is 1.06. The Bertz CT molecular complexity index is 876. The molecule has 0 aliphatic carbocycles. The maximum Gasteiger partial charge on any atom is 0.206 e. The summed E-state index contributed by atoms with van der Waals surface area (Å²) < 4.78 is 40.2. The van der Waals surface area contributed by atoms with Crippen molar-refractivity contribution in [3.63, 3.8) is 0 Å².